The number of urea groups is 1. The molecule has 0 unspecified atom stereocenters. The number of anilines is 1. The van der Waals surface area contributed by atoms with Crippen LogP contribution in [0.3, 0.4) is 0 Å². The van der Waals surface area contributed by atoms with Crippen LogP contribution in [0.4, 0.5) is 10.5 Å². The summed E-state index contributed by atoms with van der Waals surface area (Å²) in [5.74, 6) is -1.45. The van der Waals surface area contributed by atoms with Gasteiger partial charge in [-0.2, -0.15) is 0 Å². The van der Waals surface area contributed by atoms with Gasteiger partial charge in [-0.05, 0) is 53.5 Å². The third kappa shape index (κ3) is 4.53. The molecule has 1 heterocycles. The summed E-state index contributed by atoms with van der Waals surface area (Å²) in [6, 6.07) is 20.5. The molecule has 4 amide bonds. The average molecular weight is 451 g/mol. The van der Waals surface area contributed by atoms with Crippen LogP contribution in [0.5, 0.6) is 0 Å². The van der Waals surface area contributed by atoms with Gasteiger partial charge in [-0.25, -0.2) is 9.69 Å². The molecule has 4 rings (SSSR count). The zero-order valence-electron chi connectivity index (χ0n) is 16.1. The molecule has 7 heteroatoms. The number of halogens is 2. The molecule has 1 N–H and O–H groups in total. The van der Waals surface area contributed by atoms with E-state index in [9.17, 15) is 14.4 Å². The Hall–Kier alpha value is -3.41. The largest absolute Gasteiger partial charge is 0.335 e. The number of carbonyl (C=O) groups is 3. The van der Waals surface area contributed by atoms with Crippen molar-refractivity contribution in [2.75, 3.05) is 4.90 Å². The molecular weight excluding hydrogens is 435 g/mol. The fourth-order valence-electron chi connectivity index (χ4n) is 3.27. The maximum absolute atomic E-state index is 12.9. The number of carbonyl (C=O) groups excluding carboxylic acids is 3. The summed E-state index contributed by atoms with van der Waals surface area (Å²) in [6.45, 7) is 0. The number of hydrogen-bond acceptors (Lipinski definition) is 3. The topological polar surface area (TPSA) is 66.5 Å². The number of amides is 4. The van der Waals surface area contributed by atoms with Gasteiger partial charge < -0.3 is 0 Å². The normalized spacial score (nSPS) is 15.4. The molecule has 31 heavy (non-hydrogen) atoms. The maximum Gasteiger partial charge on any atom is 0.335 e. The van der Waals surface area contributed by atoms with E-state index in [1.807, 2.05) is 36.4 Å². The molecule has 3 aromatic carbocycles. The van der Waals surface area contributed by atoms with Crippen molar-refractivity contribution in [3.8, 4) is 0 Å². The molecule has 1 aliphatic heterocycles. The molecule has 1 fully saturated rings. The quantitative estimate of drug-likeness (QED) is 0.435. The van der Waals surface area contributed by atoms with Gasteiger partial charge in [0.25, 0.3) is 11.8 Å². The molecule has 5 nitrogen and oxygen atoms in total. The Morgan fingerprint density at radius 3 is 2.32 bits per heavy atom. The molecule has 0 aliphatic carbocycles. The number of benzene rings is 3. The van der Waals surface area contributed by atoms with Crippen molar-refractivity contribution in [3.63, 3.8) is 0 Å². The van der Waals surface area contributed by atoms with Crippen molar-refractivity contribution in [3.05, 3.63) is 105 Å². The van der Waals surface area contributed by atoms with E-state index >= 15 is 0 Å². The molecule has 0 atom stereocenters. The molecule has 1 saturated heterocycles. The Labute approximate surface area is 188 Å². The van der Waals surface area contributed by atoms with E-state index in [4.69, 9.17) is 23.2 Å². The van der Waals surface area contributed by atoms with Crippen molar-refractivity contribution in [1.29, 1.82) is 0 Å². The number of barbiturate groups is 1. The first kappa shape index (κ1) is 20.8. The van der Waals surface area contributed by atoms with Crippen LogP contribution in [-0.2, 0) is 16.0 Å². The second-order valence-corrected chi connectivity index (χ2v) is 7.79. The fraction of sp³-hybridized carbons (Fsp3) is 0.0417. The number of hydrogen-bond donors (Lipinski definition) is 1. The first-order valence-corrected chi connectivity index (χ1v) is 10.2. The Kier molecular flexibility index (Phi) is 5.89. The lowest BCUT2D eigenvalue weighted by molar-refractivity contribution is -0.122. The minimum absolute atomic E-state index is 0.140. The van der Waals surface area contributed by atoms with Crippen LogP contribution in [-0.4, -0.2) is 17.8 Å². The minimum atomic E-state index is -0.815. The summed E-state index contributed by atoms with van der Waals surface area (Å²) < 4.78 is 0. The van der Waals surface area contributed by atoms with E-state index in [1.54, 1.807) is 30.3 Å². The Bertz CT molecular complexity index is 1220. The van der Waals surface area contributed by atoms with E-state index in [0.717, 1.165) is 16.0 Å². The van der Waals surface area contributed by atoms with Crippen LogP contribution >= 0.6 is 23.2 Å². The van der Waals surface area contributed by atoms with Crippen molar-refractivity contribution >= 4 is 52.8 Å². The first-order chi connectivity index (χ1) is 14.9. The summed E-state index contributed by atoms with van der Waals surface area (Å²) >= 11 is 12.2. The predicted molar refractivity (Wildman–Crippen MR) is 121 cm³/mol. The number of imide groups is 2. The molecule has 0 bridgehead atoms. The van der Waals surface area contributed by atoms with Crippen LogP contribution in [0.25, 0.3) is 6.08 Å². The molecule has 154 valence electrons. The van der Waals surface area contributed by atoms with E-state index in [1.165, 1.54) is 12.1 Å². The van der Waals surface area contributed by atoms with Crippen LogP contribution in [0.1, 0.15) is 16.7 Å². The van der Waals surface area contributed by atoms with Crippen LogP contribution in [0, 0.1) is 0 Å². The van der Waals surface area contributed by atoms with Crippen molar-refractivity contribution in [2.45, 2.75) is 6.42 Å². The summed E-state index contributed by atoms with van der Waals surface area (Å²) in [4.78, 5) is 38.4. The molecule has 0 radical (unpaired) electrons. The van der Waals surface area contributed by atoms with Crippen LogP contribution in [0.15, 0.2) is 78.4 Å². The number of rotatable bonds is 4. The SMILES string of the molecule is O=C1NC(=O)N(c2cccc(Cl)c2)C(=O)/C1=C/c1ccc(Cc2ccccc2Cl)cc1. The van der Waals surface area contributed by atoms with E-state index in [-0.39, 0.29) is 11.3 Å². The van der Waals surface area contributed by atoms with Crippen molar-refractivity contribution in [1.82, 2.24) is 5.32 Å². The number of nitrogens with zero attached hydrogens (tertiary/aromatic N) is 1. The lowest BCUT2D eigenvalue weighted by atomic mass is 10.0. The van der Waals surface area contributed by atoms with E-state index in [2.05, 4.69) is 5.32 Å². The highest BCUT2D eigenvalue weighted by Crippen LogP contribution is 2.25. The third-order valence-electron chi connectivity index (χ3n) is 4.81. The van der Waals surface area contributed by atoms with Gasteiger partial charge >= 0.3 is 6.03 Å². The molecule has 0 spiro atoms. The minimum Gasteiger partial charge on any atom is -0.273 e. The highest BCUT2D eigenvalue weighted by molar-refractivity contribution is 6.39. The predicted octanol–water partition coefficient (Wildman–Crippen LogP) is 5.25. The van der Waals surface area contributed by atoms with E-state index < -0.39 is 17.8 Å². The summed E-state index contributed by atoms with van der Waals surface area (Å²) in [6.07, 6.45) is 2.12. The fourth-order valence-corrected chi connectivity index (χ4v) is 3.65. The first-order valence-electron chi connectivity index (χ1n) is 9.42. The van der Waals surface area contributed by atoms with Gasteiger partial charge in [-0.1, -0.05) is 71.7 Å². The molecule has 1 aliphatic rings. The van der Waals surface area contributed by atoms with Crippen LogP contribution in [0.2, 0.25) is 10.0 Å². The standard InChI is InChI=1S/C24H16Cl2N2O3/c25-18-5-3-6-19(14-18)28-23(30)20(22(29)27-24(28)31)13-16-10-8-15(9-11-16)12-17-4-1-2-7-21(17)26/h1-11,13-14H,12H2,(H,27,29,31)/b20-13+. The molecule has 3 aromatic rings. The Morgan fingerprint density at radius 2 is 1.61 bits per heavy atom. The molecule has 0 aromatic heterocycles. The lowest BCUT2D eigenvalue weighted by Crippen LogP contribution is -2.54. The van der Waals surface area contributed by atoms with Gasteiger partial charge in [-0.15, -0.1) is 0 Å². The van der Waals surface area contributed by atoms with Gasteiger partial charge in [0.15, 0.2) is 0 Å². The monoisotopic (exact) mass is 450 g/mol. The van der Waals surface area contributed by atoms with Crippen molar-refractivity contribution in [2.24, 2.45) is 0 Å². The third-order valence-corrected chi connectivity index (χ3v) is 5.42. The highest BCUT2D eigenvalue weighted by Gasteiger charge is 2.36. The maximum atomic E-state index is 12.9. The Morgan fingerprint density at radius 1 is 0.871 bits per heavy atom. The summed E-state index contributed by atoms with van der Waals surface area (Å²) in [5, 5.41) is 3.27. The van der Waals surface area contributed by atoms with Crippen LogP contribution < -0.4 is 10.2 Å². The average Bonchev–Trinajstić information content (AvgIpc) is 2.74. The zero-order valence-corrected chi connectivity index (χ0v) is 17.7. The second kappa shape index (κ2) is 8.76. The van der Waals surface area contributed by atoms with Crippen molar-refractivity contribution < 1.29 is 14.4 Å². The smallest absolute Gasteiger partial charge is 0.273 e. The van der Waals surface area contributed by atoms with Gasteiger partial charge in [0.1, 0.15) is 5.57 Å². The summed E-state index contributed by atoms with van der Waals surface area (Å²) in [5.41, 5.74) is 2.84. The lowest BCUT2D eigenvalue weighted by Gasteiger charge is -2.26. The second-order valence-electron chi connectivity index (χ2n) is 6.95. The van der Waals surface area contributed by atoms with Gasteiger partial charge in [0.05, 0.1) is 5.69 Å². The highest BCUT2D eigenvalue weighted by atomic mass is 35.5. The number of nitrogens with one attached hydrogen (secondary N) is 1. The van der Waals surface area contributed by atoms with Gasteiger partial charge in [0, 0.05) is 10.0 Å². The summed E-state index contributed by atoms with van der Waals surface area (Å²) in [7, 11) is 0. The van der Waals surface area contributed by atoms with Gasteiger partial charge in [-0.3, -0.25) is 14.9 Å². The van der Waals surface area contributed by atoms with E-state index in [0.29, 0.717) is 22.0 Å². The Balaban J connectivity index is 1.59. The molecule has 0 saturated carbocycles. The zero-order chi connectivity index (χ0) is 22.0. The van der Waals surface area contributed by atoms with Gasteiger partial charge in [0.2, 0.25) is 0 Å². The molecular formula is C24H16Cl2N2O3.